The molecule has 3 aromatic rings. The van der Waals surface area contributed by atoms with Gasteiger partial charge in [-0.25, -0.2) is 23.8 Å². The molecule has 198 valence electrons. The van der Waals surface area contributed by atoms with Gasteiger partial charge < -0.3 is 30.5 Å². The van der Waals surface area contributed by atoms with Crippen LogP contribution in [0.4, 0.5) is 10.2 Å². The first-order valence-electron chi connectivity index (χ1n) is 10.6. The Hall–Kier alpha value is -3.88. The van der Waals surface area contributed by atoms with E-state index in [9.17, 15) is 24.6 Å². The van der Waals surface area contributed by atoms with E-state index in [1.165, 1.54) is 38.3 Å². The molecule has 2 atom stereocenters. The Morgan fingerprint density at radius 2 is 1.78 bits per heavy atom. The van der Waals surface area contributed by atoms with Crippen molar-refractivity contribution >= 4 is 46.5 Å². The lowest BCUT2D eigenvalue weighted by molar-refractivity contribution is -0.188. The summed E-state index contributed by atoms with van der Waals surface area (Å²) in [6.07, 6.45) is -1.05. The van der Waals surface area contributed by atoms with Gasteiger partial charge in [-0.15, -0.1) is 0 Å². The van der Waals surface area contributed by atoms with Crippen LogP contribution in [0.2, 0.25) is 5.28 Å². The highest BCUT2D eigenvalue weighted by Gasteiger charge is 2.49. The molecule has 0 aliphatic carbocycles. The lowest BCUT2D eigenvalue weighted by Crippen LogP contribution is -2.52. The van der Waals surface area contributed by atoms with Gasteiger partial charge in [0.15, 0.2) is 17.3 Å². The number of rotatable bonds is 12. The first-order chi connectivity index (χ1) is 17.3. The summed E-state index contributed by atoms with van der Waals surface area (Å²) in [6.45, 7) is 0.560. The molecule has 15 heteroatoms. The minimum atomic E-state index is -2.76. The topological polar surface area (TPSA) is 200 Å². The van der Waals surface area contributed by atoms with Crippen LogP contribution in [-0.2, 0) is 31.3 Å². The molecule has 13 nitrogen and oxygen atoms in total. The van der Waals surface area contributed by atoms with E-state index in [1.54, 1.807) is 0 Å². The zero-order valence-electron chi connectivity index (χ0n) is 19.6. The third-order valence-electron chi connectivity index (χ3n) is 5.69. The summed E-state index contributed by atoms with van der Waals surface area (Å²) in [6, 6.07) is 4.97. The van der Waals surface area contributed by atoms with E-state index >= 15 is 4.39 Å². The van der Waals surface area contributed by atoms with Crippen molar-refractivity contribution in [2.24, 2.45) is 0 Å². The van der Waals surface area contributed by atoms with Crippen molar-refractivity contribution in [2.75, 3.05) is 19.5 Å². The SMILES string of the molecule is CO[C@H](COC(Cc1ccc(C(=O)O)cc1)(C(=O)O)C(=O)O)C[C@@](C)(F)n1cnc2c(N)nc(Cl)nc21. The molecule has 0 radical (unpaired) electrons. The van der Waals surface area contributed by atoms with Crippen LogP contribution in [0.5, 0.6) is 0 Å². The number of nitrogens with zero attached hydrogens (tertiary/aromatic N) is 4. The van der Waals surface area contributed by atoms with Gasteiger partial charge in [0.25, 0.3) is 5.60 Å². The van der Waals surface area contributed by atoms with E-state index in [4.69, 9.17) is 31.9 Å². The number of benzene rings is 1. The standard InChI is InChI=1S/C22H23ClFN5O8/c1-21(24,29-10-26-14-15(25)27-20(23)28-16(14)29)8-13(36-2)9-37-22(18(32)33,19(34)35)7-11-3-5-12(6-4-11)17(30)31/h3-6,10,13H,7-9H2,1-2H3,(H,30,31)(H,32,33)(H,34,35)(H2,25,27,28)/t13-,21-/m0/s1. The predicted octanol–water partition coefficient (Wildman–Crippen LogP) is 1.97. The molecule has 0 aliphatic rings. The molecule has 0 spiro atoms. The number of ether oxygens (including phenoxy) is 2. The van der Waals surface area contributed by atoms with Crippen LogP contribution in [0.15, 0.2) is 30.6 Å². The quantitative estimate of drug-likeness (QED) is 0.193. The molecule has 2 aromatic heterocycles. The maximum Gasteiger partial charge on any atom is 0.348 e. The summed E-state index contributed by atoms with van der Waals surface area (Å²) in [4.78, 5) is 46.9. The summed E-state index contributed by atoms with van der Waals surface area (Å²) in [5.41, 5.74) is 3.25. The van der Waals surface area contributed by atoms with Gasteiger partial charge in [-0.3, -0.25) is 4.57 Å². The normalized spacial score (nSPS) is 14.3. The number of fused-ring (bicyclic) bond motifs is 1. The van der Waals surface area contributed by atoms with Crippen LogP contribution in [0.3, 0.4) is 0 Å². The molecule has 5 N–H and O–H groups in total. The van der Waals surface area contributed by atoms with Crippen LogP contribution in [0.25, 0.3) is 11.2 Å². The monoisotopic (exact) mass is 539 g/mol. The molecule has 0 amide bonds. The van der Waals surface area contributed by atoms with E-state index in [-0.39, 0.29) is 33.4 Å². The third-order valence-corrected chi connectivity index (χ3v) is 5.86. The van der Waals surface area contributed by atoms with E-state index < -0.39 is 54.9 Å². The molecule has 3 rings (SSSR count). The van der Waals surface area contributed by atoms with Crippen molar-refractivity contribution in [2.45, 2.75) is 37.3 Å². The van der Waals surface area contributed by atoms with Gasteiger partial charge in [-0.1, -0.05) is 12.1 Å². The maximum atomic E-state index is 15.8. The molecule has 0 aliphatic heterocycles. The number of aliphatic carboxylic acids is 2. The Bertz CT molecular complexity index is 1320. The van der Waals surface area contributed by atoms with Crippen molar-refractivity contribution in [1.82, 2.24) is 19.5 Å². The number of hydrogen-bond donors (Lipinski definition) is 4. The molecule has 37 heavy (non-hydrogen) atoms. The summed E-state index contributed by atoms with van der Waals surface area (Å²) < 4.78 is 27.5. The Morgan fingerprint density at radius 1 is 1.16 bits per heavy atom. The Labute approximate surface area is 213 Å². The van der Waals surface area contributed by atoms with Gasteiger partial charge in [0.1, 0.15) is 5.52 Å². The average molecular weight is 540 g/mol. The second kappa shape index (κ2) is 10.6. The van der Waals surface area contributed by atoms with E-state index in [2.05, 4.69) is 15.0 Å². The number of nitrogens with two attached hydrogens (primary N) is 1. The minimum Gasteiger partial charge on any atom is -0.479 e. The molecular weight excluding hydrogens is 517 g/mol. The van der Waals surface area contributed by atoms with Crippen molar-refractivity contribution in [3.05, 3.63) is 47.0 Å². The van der Waals surface area contributed by atoms with Crippen LogP contribution in [0, 0.1) is 0 Å². The molecular formula is C22H23ClFN5O8. The third kappa shape index (κ3) is 5.76. The van der Waals surface area contributed by atoms with Crippen LogP contribution < -0.4 is 5.73 Å². The minimum absolute atomic E-state index is 0.00787. The average Bonchev–Trinajstić information content (AvgIpc) is 3.26. The number of methoxy groups -OCH3 is 1. The molecule has 0 bridgehead atoms. The number of imidazole rings is 1. The number of anilines is 1. The highest BCUT2D eigenvalue weighted by molar-refractivity contribution is 6.28. The molecule has 2 heterocycles. The Kier molecular flexibility index (Phi) is 7.95. The van der Waals surface area contributed by atoms with E-state index in [0.29, 0.717) is 0 Å². The predicted molar refractivity (Wildman–Crippen MR) is 126 cm³/mol. The summed E-state index contributed by atoms with van der Waals surface area (Å²) in [7, 11) is 1.22. The fourth-order valence-corrected chi connectivity index (χ4v) is 3.84. The number of carbonyl (C=O) groups is 3. The van der Waals surface area contributed by atoms with Crippen molar-refractivity contribution < 1.29 is 43.6 Å². The highest BCUT2D eigenvalue weighted by atomic mass is 35.5. The number of halogens is 2. The Balaban J connectivity index is 1.83. The van der Waals surface area contributed by atoms with E-state index in [1.807, 2.05) is 0 Å². The fraction of sp³-hybridized carbons (Fsp3) is 0.364. The van der Waals surface area contributed by atoms with Gasteiger partial charge >= 0.3 is 17.9 Å². The molecule has 0 unspecified atom stereocenters. The first kappa shape index (κ1) is 27.7. The lowest BCUT2D eigenvalue weighted by atomic mass is 9.93. The zero-order chi connectivity index (χ0) is 27.5. The number of alkyl halides is 1. The van der Waals surface area contributed by atoms with Crippen LogP contribution in [-0.4, -0.2) is 78.2 Å². The van der Waals surface area contributed by atoms with Crippen molar-refractivity contribution in [3.63, 3.8) is 0 Å². The second-order valence-electron chi connectivity index (χ2n) is 8.30. The zero-order valence-corrected chi connectivity index (χ0v) is 20.3. The Morgan fingerprint density at radius 3 is 2.32 bits per heavy atom. The molecule has 0 saturated carbocycles. The maximum absolute atomic E-state index is 15.8. The number of hydrogen-bond acceptors (Lipinski definition) is 9. The number of aromatic carboxylic acids is 1. The van der Waals surface area contributed by atoms with E-state index in [0.717, 1.165) is 10.9 Å². The number of nitrogen functional groups attached to an aromatic ring is 1. The van der Waals surface area contributed by atoms with Gasteiger partial charge in [-0.2, -0.15) is 9.97 Å². The number of carboxylic acids is 3. The highest BCUT2D eigenvalue weighted by Crippen LogP contribution is 2.31. The molecule has 0 saturated heterocycles. The smallest absolute Gasteiger partial charge is 0.348 e. The summed E-state index contributed by atoms with van der Waals surface area (Å²) >= 11 is 5.83. The molecule has 0 fully saturated rings. The van der Waals surface area contributed by atoms with Gasteiger partial charge in [0.2, 0.25) is 5.28 Å². The fourth-order valence-electron chi connectivity index (χ4n) is 3.66. The largest absolute Gasteiger partial charge is 0.479 e. The summed E-state index contributed by atoms with van der Waals surface area (Å²) in [5.74, 6) is -7.10. The number of aromatic nitrogens is 4. The van der Waals surface area contributed by atoms with Crippen molar-refractivity contribution in [3.8, 4) is 0 Å². The van der Waals surface area contributed by atoms with Gasteiger partial charge in [0, 0.05) is 20.0 Å². The number of carboxylic acid groups (broad SMARTS) is 3. The van der Waals surface area contributed by atoms with Crippen LogP contribution in [0.1, 0.15) is 29.3 Å². The van der Waals surface area contributed by atoms with Gasteiger partial charge in [-0.05, 0) is 36.2 Å². The lowest BCUT2D eigenvalue weighted by Gasteiger charge is -2.30. The van der Waals surface area contributed by atoms with Crippen LogP contribution >= 0.6 is 11.6 Å². The second-order valence-corrected chi connectivity index (χ2v) is 8.63. The first-order valence-corrected chi connectivity index (χ1v) is 11.0. The van der Waals surface area contributed by atoms with Gasteiger partial charge in [0.05, 0.1) is 24.6 Å². The van der Waals surface area contributed by atoms with Crippen molar-refractivity contribution in [1.29, 1.82) is 0 Å². The summed E-state index contributed by atoms with van der Waals surface area (Å²) in [5, 5.41) is 28.3. The molecule has 1 aromatic carbocycles.